The first-order valence-electron chi connectivity index (χ1n) is 6.15. The largest absolute Gasteiger partial charge is 0.489 e. The number of hydrogen-bond donors (Lipinski definition) is 1. The topological polar surface area (TPSA) is 64.8 Å². The molecular formula is C13H17ClN2O3. The van der Waals surface area contributed by atoms with Crippen LogP contribution < -0.4 is 10.5 Å². The van der Waals surface area contributed by atoms with Gasteiger partial charge in [0.15, 0.2) is 0 Å². The number of ether oxygens (including phenoxy) is 2. The summed E-state index contributed by atoms with van der Waals surface area (Å²) in [6, 6.07) is 7.30. The highest BCUT2D eigenvalue weighted by atomic mass is 35.5. The lowest BCUT2D eigenvalue weighted by Gasteiger charge is -2.31. The summed E-state index contributed by atoms with van der Waals surface area (Å²) in [6.07, 6.45) is -0.0793. The minimum atomic E-state index is -0.326. The summed E-state index contributed by atoms with van der Waals surface area (Å²) in [5.41, 5.74) is 5.18. The predicted octanol–water partition coefficient (Wildman–Crippen LogP) is 0.905. The summed E-state index contributed by atoms with van der Waals surface area (Å²) in [6.45, 7) is 2.58. The molecule has 1 saturated heterocycles. The number of carbonyl (C=O) groups is 1. The van der Waals surface area contributed by atoms with E-state index in [1.807, 2.05) is 23.1 Å². The molecule has 0 aliphatic carbocycles. The summed E-state index contributed by atoms with van der Waals surface area (Å²) >= 11 is 6.00. The zero-order chi connectivity index (χ0) is 13.7. The van der Waals surface area contributed by atoms with Gasteiger partial charge in [-0.25, -0.2) is 0 Å². The van der Waals surface area contributed by atoms with E-state index < -0.39 is 0 Å². The fourth-order valence-corrected chi connectivity index (χ4v) is 2.18. The summed E-state index contributed by atoms with van der Waals surface area (Å²) < 4.78 is 11.2. The molecule has 1 fully saturated rings. The maximum Gasteiger partial charge on any atom is 0.231 e. The Morgan fingerprint density at radius 2 is 2.32 bits per heavy atom. The van der Waals surface area contributed by atoms with E-state index in [1.54, 1.807) is 6.07 Å². The van der Waals surface area contributed by atoms with Gasteiger partial charge in [0.25, 0.3) is 0 Å². The van der Waals surface area contributed by atoms with E-state index in [9.17, 15) is 4.79 Å². The molecule has 6 heteroatoms. The van der Waals surface area contributed by atoms with Crippen LogP contribution in [0, 0.1) is 0 Å². The minimum absolute atomic E-state index is 0.0793. The number of halogens is 1. The minimum Gasteiger partial charge on any atom is -0.489 e. The molecule has 0 spiro atoms. The molecule has 0 saturated carbocycles. The van der Waals surface area contributed by atoms with Gasteiger partial charge in [0.2, 0.25) is 5.91 Å². The van der Waals surface area contributed by atoms with Gasteiger partial charge in [-0.15, -0.1) is 0 Å². The van der Waals surface area contributed by atoms with Crippen LogP contribution in [0.3, 0.4) is 0 Å². The van der Waals surface area contributed by atoms with Gasteiger partial charge in [0.05, 0.1) is 18.2 Å². The highest BCUT2D eigenvalue weighted by molar-refractivity contribution is 6.32. The lowest BCUT2D eigenvalue weighted by atomic mass is 10.3. The molecule has 2 N–H and O–H groups in total. The van der Waals surface area contributed by atoms with Crippen molar-refractivity contribution in [3.63, 3.8) is 0 Å². The molecule has 5 nitrogen and oxygen atoms in total. The Hall–Kier alpha value is -1.30. The normalized spacial score (nSPS) is 20.2. The lowest BCUT2D eigenvalue weighted by Crippen LogP contribution is -2.47. The van der Waals surface area contributed by atoms with E-state index in [0.29, 0.717) is 37.1 Å². The van der Waals surface area contributed by atoms with Crippen LogP contribution in [0.15, 0.2) is 24.3 Å². The van der Waals surface area contributed by atoms with Crippen molar-refractivity contribution in [2.24, 2.45) is 5.73 Å². The van der Waals surface area contributed by atoms with Crippen molar-refractivity contribution in [2.75, 3.05) is 32.8 Å². The van der Waals surface area contributed by atoms with Crippen molar-refractivity contribution < 1.29 is 14.3 Å². The van der Waals surface area contributed by atoms with Gasteiger partial charge in [-0.1, -0.05) is 23.7 Å². The van der Waals surface area contributed by atoms with Crippen LogP contribution in [-0.4, -0.2) is 49.8 Å². The van der Waals surface area contributed by atoms with Gasteiger partial charge in [-0.2, -0.15) is 0 Å². The van der Waals surface area contributed by atoms with E-state index >= 15 is 0 Å². The molecule has 1 aliphatic heterocycles. The second-order valence-corrected chi connectivity index (χ2v) is 4.84. The molecule has 1 heterocycles. The van der Waals surface area contributed by atoms with E-state index in [4.69, 9.17) is 26.8 Å². The molecule has 0 aromatic heterocycles. The molecule has 1 aromatic rings. The van der Waals surface area contributed by atoms with Crippen molar-refractivity contribution in [1.82, 2.24) is 4.90 Å². The van der Waals surface area contributed by atoms with Gasteiger partial charge in [-0.3, -0.25) is 9.69 Å². The Bertz CT molecular complexity index is 442. The SMILES string of the molecule is NC(=O)CN1CCOC(COc2ccccc2Cl)C1. The third-order valence-electron chi connectivity index (χ3n) is 2.86. The Morgan fingerprint density at radius 1 is 1.53 bits per heavy atom. The molecule has 1 aromatic carbocycles. The third kappa shape index (κ3) is 4.38. The first-order valence-corrected chi connectivity index (χ1v) is 6.52. The molecule has 1 unspecified atom stereocenters. The number of amides is 1. The van der Waals surface area contributed by atoms with Crippen molar-refractivity contribution >= 4 is 17.5 Å². The van der Waals surface area contributed by atoms with Crippen LogP contribution in [0.25, 0.3) is 0 Å². The van der Waals surface area contributed by atoms with Gasteiger partial charge < -0.3 is 15.2 Å². The zero-order valence-corrected chi connectivity index (χ0v) is 11.3. The number of rotatable bonds is 5. The van der Waals surface area contributed by atoms with Gasteiger partial charge >= 0.3 is 0 Å². The fraction of sp³-hybridized carbons (Fsp3) is 0.462. The molecule has 1 amide bonds. The van der Waals surface area contributed by atoms with Gasteiger partial charge in [0.1, 0.15) is 18.5 Å². The first-order chi connectivity index (χ1) is 9.15. The van der Waals surface area contributed by atoms with Crippen molar-refractivity contribution in [3.05, 3.63) is 29.3 Å². The van der Waals surface area contributed by atoms with Crippen molar-refractivity contribution in [3.8, 4) is 5.75 Å². The molecule has 2 rings (SSSR count). The summed E-state index contributed by atoms with van der Waals surface area (Å²) in [7, 11) is 0. The second-order valence-electron chi connectivity index (χ2n) is 4.44. The maximum atomic E-state index is 10.9. The highest BCUT2D eigenvalue weighted by Gasteiger charge is 2.22. The first kappa shape index (κ1) is 14.1. The fourth-order valence-electron chi connectivity index (χ4n) is 1.99. The van der Waals surface area contributed by atoms with E-state index in [1.165, 1.54) is 0 Å². The lowest BCUT2D eigenvalue weighted by molar-refractivity contribution is -0.121. The summed E-state index contributed by atoms with van der Waals surface area (Å²) in [4.78, 5) is 12.9. The third-order valence-corrected chi connectivity index (χ3v) is 3.18. The number of para-hydroxylation sites is 1. The van der Waals surface area contributed by atoms with E-state index in [2.05, 4.69) is 0 Å². The number of nitrogens with zero attached hydrogens (tertiary/aromatic N) is 1. The molecule has 0 radical (unpaired) electrons. The Balaban J connectivity index is 1.82. The molecule has 1 aliphatic rings. The smallest absolute Gasteiger partial charge is 0.231 e. The standard InChI is InChI=1S/C13H17ClN2O3/c14-11-3-1-2-4-12(11)19-9-10-7-16(5-6-18-10)8-13(15)17/h1-4,10H,5-9H2,(H2,15,17). The summed E-state index contributed by atoms with van der Waals surface area (Å²) in [5.74, 6) is 0.312. The van der Waals surface area contributed by atoms with Gasteiger partial charge in [-0.05, 0) is 12.1 Å². The van der Waals surface area contributed by atoms with Crippen molar-refractivity contribution in [2.45, 2.75) is 6.10 Å². The van der Waals surface area contributed by atoms with E-state index in [-0.39, 0.29) is 18.6 Å². The molecular weight excluding hydrogens is 268 g/mol. The van der Waals surface area contributed by atoms with E-state index in [0.717, 1.165) is 0 Å². The molecule has 19 heavy (non-hydrogen) atoms. The number of primary amides is 1. The second kappa shape index (κ2) is 6.75. The van der Waals surface area contributed by atoms with Gasteiger partial charge in [0, 0.05) is 13.1 Å². The number of benzene rings is 1. The number of nitrogens with two attached hydrogens (primary N) is 1. The van der Waals surface area contributed by atoms with Crippen LogP contribution in [0.5, 0.6) is 5.75 Å². The maximum absolute atomic E-state index is 10.9. The molecule has 104 valence electrons. The number of carbonyl (C=O) groups excluding carboxylic acids is 1. The van der Waals surface area contributed by atoms with Crippen LogP contribution in [0.4, 0.5) is 0 Å². The van der Waals surface area contributed by atoms with Crippen LogP contribution in [0.2, 0.25) is 5.02 Å². The average Bonchev–Trinajstić information content (AvgIpc) is 2.37. The Labute approximate surface area is 117 Å². The van der Waals surface area contributed by atoms with Crippen LogP contribution >= 0.6 is 11.6 Å². The van der Waals surface area contributed by atoms with Crippen molar-refractivity contribution in [1.29, 1.82) is 0 Å². The molecule has 0 bridgehead atoms. The monoisotopic (exact) mass is 284 g/mol. The summed E-state index contributed by atoms with van der Waals surface area (Å²) in [5, 5.41) is 0.576. The average molecular weight is 285 g/mol. The number of morpholine rings is 1. The predicted molar refractivity (Wildman–Crippen MR) is 72.3 cm³/mol. The Morgan fingerprint density at radius 3 is 3.05 bits per heavy atom. The Kier molecular flexibility index (Phi) is 5.01. The van der Waals surface area contributed by atoms with Crippen LogP contribution in [-0.2, 0) is 9.53 Å². The molecule has 1 atom stereocenters. The van der Waals surface area contributed by atoms with Crippen LogP contribution in [0.1, 0.15) is 0 Å². The quantitative estimate of drug-likeness (QED) is 0.873. The number of hydrogen-bond acceptors (Lipinski definition) is 4. The zero-order valence-electron chi connectivity index (χ0n) is 10.5. The highest BCUT2D eigenvalue weighted by Crippen LogP contribution is 2.23.